The van der Waals surface area contributed by atoms with Crippen LogP contribution in [-0.4, -0.2) is 36.4 Å². The lowest BCUT2D eigenvalue weighted by atomic mass is 9.86. The smallest absolute Gasteiger partial charge is 0.432 e. The van der Waals surface area contributed by atoms with Crippen LogP contribution in [0.15, 0.2) is 10.7 Å². The number of anilines is 1. The maximum absolute atomic E-state index is 5.99. The highest BCUT2D eigenvalue weighted by atomic mass is 16.7. The van der Waals surface area contributed by atoms with E-state index in [0.717, 1.165) is 18.7 Å². The van der Waals surface area contributed by atoms with Gasteiger partial charge in [0, 0.05) is 13.1 Å². The van der Waals surface area contributed by atoms with Gasteiger partial charge in [0.1, 0.15) is 11.9 Å². The van der Waals surface area contributed by atoms with Crippen LogP contribution in [-0.2, 0) is 9.31 Å². The van der Waals surface area contributed by atoms with Crippen molar-refractivity contribution >= 4 is 18.7 Å². The second kappa shape index (κ2) is 4.77. The summed E-state index contributed by atoms with van der Waals surface area (Å²) in [4.78, 5) is 6.75. The Labute approximate surface area is 120 Å². The van der Waals surface area contributed by atoms with Crippen molar-refractivity contribution in [3.05, 3.63) is 6.26 Å². The Balaban J connectivity index is 1.74. The molecule has 0 amide bonds. The summed E-state index contributed by atoms with van der Waals surface area (Å²) in [6, 6.07) is 0.689. The number of oxazole rings is 1. The first-order chi connectivity index (χ1) is 9.39. The third kappa shape index (κ3) is 2.35. The molecule has 6 heteroatoms. The largest absolute Gasteiger partial charge is 0.518 e. The molecule has 3 heterocycles. The van der Waals surface area contributed by atoms with E-state index in [1.54, 1.807) is 6.26 Å². The standard InChI is InChI=1S/C14H23BN2O3/c1-13(2)14(3,4)20-15(19-13)11-10-18-12(16-11)17-8-6-5-7-9-17/h10H,5-9H2,1-4H3. The molecular weight excluding hydrogens is 255 g/mol. The van der Waals surface area contributed by atoms with Crippen LogP contribution in [0.5, 0.6) is 0 Å². The number of aromatic nitrogens is 1. The van der Waals surface area contributed by atoms with Crippen molar-refractivity contribution in [1.82, 2.24) is 4.98 Å². The molecule has 1 aromatic rings. The molecule has 20 heavy (non-hydrogen) atoms. The predicted octanol–water partition coefficient (Wildman–Crippen LogP) is 1.96. The highest BCUT2D eigenvalue weighted by molar-refractivity contribution is 6.61. The fourth-order valence-electron chi connectivity index (χ4n) is 2.58. The second-order valence-electron chi connectivity index (χ2n) is 6.69. The lowest BCUT2D eigenvalue weighted by Crippen LogP contribution is -2.41. The van der Waals surface area contributed by atoms with Gasteiger partial charge in [-0.25, -0.2) is 4.98 Å². The van der Waals surface area contributed by atoms with E-state index in [1.165, 1.54) is 19.3 Å². The molecule has 2 aliphatic rings. The summed E-state index contributed by atoms with van der Waals surface area (Å²) in [5.74, 6) is 0. The van der Waals surface area contributed by atoms with E-state index < -0.39 is 7.12 Å². The first kappa shape index (κ1) is 14.0. The molecule has 2 fully saturated rings. The zero-order chi connectivity index (χ0) is 14.4. The van der Waals surface area contributed by atoms with Crippen molar-refractivity contribution in [3.8, 4) is 0 Å². The molecule has 0 radical (unpaired) electrons. The van der Waals surface area contributed by atoms with Crippen molar-refractivity contribution in [2.24, 2.45) is 0 Å². The zero-order valence-electron chi connectivity index (χ0n) is 12.8. The van der Waals surface area contributed by atoms with Gasteiger partial charge in [-0.2, -0.15) is 0 Å². The average molecular weight is 278 g/mol. The Morgan fingerprint density at radius 2 is 1.65 bits per heavy atom. The van der Waals surface area contributed by atoms with E-state index in [4.69, 9.17) is 13.7 Å². The van der Waals surface area contributed by atoms with Crippen molar-refractivity contribution in [2.75, 3.05) is 18.0 Å². The van der Waals surface area contributed by atoms with Gasteiger partial charge >= 0.3 is 7.12 Å². The number of hydrogen-bond acceptors (Lipinski definition) is 5. The summed E-state index contributed by atoms with van der Waals surface area (Å²) in [5, 5.41) is 0. The SMILES string of the molecule is CC1(C)OB(c2coc(N3CCCCC3)n2)OC1(C)C. The van der Waals surface area contributed by atoms with E-state index in [1.807, 2.05) is 27.7 Å². The highest BCUT2D eigenvalue weighted by Gasteiger charge is 2.53. The quantitative estimate of drug-likeness (QED) is 0.774. The van der Waals surface area contributed by atoms with Crippen LogP contribution in [0, 0.1) is 0 Å². The number of rotatable bonds is 2. The van der Waals surface area contributed by atoms with Crippen molar-refractivity contribution in [3.63, 3.8) is 0 Å². The molecule has 0 bridgehead atoms. The molecule has 0 saturated carbocycles. The Bertz CT molecular complexity index is 465. The van der Waals surface area contributed by atoms with Gasteiger partial charge in [0.05, 0.1) is 11.2 Å². The van der Waals surface area contributed by atoms with Gasteiger partial charge in [-0.05, 0) is 47.0 Å². The summed E-state index contributed by atoms with van der Waals surface area (Å²) < 4.78 is 17.6. The molecule has 0 aromatic carbocycles. The number of piperidine rings is 1. The van der Waals surface area contributed by atoms with Crippen LogP contribution < -0.4 is 10.5 Å². The molecule has 0 spiro atoms. The Kier molecular flexibility index (Phi) is 3.33. The van der Waals surface area contributed by atoms with E-state index in [9.17, 15) is 0 Å². The van der Waals surface area contributed by atoms with Crippen molar-refractivity contribution in [2.45, 2.75) is 58.2 Å². The molecule has 2 saturated heterocycles. The number of nitrogens with zero attached hydrogens (tertiary/aromatic N) is 2. The minimum absolute atomic E-state index is 0.345. The van der Waals surface area contributed by atoms with E-state index >= 15 is 0 Å². The monoisotopic (exact) mass is 278 g/mol. The first-order valence-electron chi connectivity index (χ1n) is 7.45. The minimum Gasteiger partial charge on any atom is -0.432 e. The first-order valence-corrected chi connectivity index (χ1v) is 7.45. The molecule has 0 N–H and O–H groups in total. The third-order valence-corrected chi connectivity index (χ3v) is 4.63. The van der Waals surface area contributed by atoms with Gasteiger partial charge in [-0.1, -0.05) is 0 Å². The summed E-state index contributed by atoms with van der Waals surface area (Å²) in [6.45, 7) is 10.2. The third-order valence-electron chi connectivity index (χ3n) is 4.63. The van der Waals surface area contributed by atoms with Gasteiger partial charge in [-0.15, -0.1) is 0 Å². The molecule has 2 aliphatic heterocycles. The van der Waals surface area contributed by atoms with Crippen molar-refractivity contribution in [1.29, 1.82) is 0 Å². The van der Waals surface area contributed by atoms with Gasteiger partial charge in [0.15, 0.2) is 0 Å². The summed E-state index contributed by atoms with van der Waals surface area (Å²) >= 11 is 0. The van der Waals surface area contributed by atoms with Gasteiger partial charge < -0.3 is 18.6 Å². The minimum atomic E-state index is -0.442. The van der Waals surface area contributed by atoms with Crippen LogP contribution in [0.3, 0.4) is 0 Å². The molecule has 5 nitrogen and oxygen atoms in total. The van der Waals surface area contributed by atoms with Crippen LogP contribution in [0.2, 0.25) is 0 Å². The fourth-order valence-corrected chi connectivity index (χ4v) is 2.58. The molecule has 3 rings (SSSR count). The summed E-state index contributed by atoms with van der Waals surface area (Å²) in [6.07, 6.45) is 5.36. The topological polar surface area (TPSA) is 47.7 Å². The molecule has 0 atom stereocenters. The maximum atomic E-state index is 5.99. The van der Waals surface area contributed by atoms with Crippen LogP contribution in [0.1, 0.15) is 47.0 Å². The van der Waals surface area contributed by atoms with E-state index in [2.05, 4.69) is 9.88 Å². The molecule has 1 aromatic heterocycles. The Morgan fingerprint density at radius 3 is 2.25 bits per heavy atom. The predicted molar refractivity (Wildman–Crippen MR) is 78.3 cm³/mol. The van der Waals surface area contributed by atoms with Crippen molar-refractivity contribution < 1.29 is 13.7 Å². The molecular formula is C14H23BN2O3. The Hall–Kier alpha value is -1.01. The Morgan fingerprint density at radius 1 is 1.05 bits per heavy atom. The lowest BCUT2D eigenvalue weighted by Gasteiger charge is -2.32. The molecule has 0 unspecified atom stereocenters. The normalized spacial score (nSPS) is 25.2. The molecule has 0 aliphatic carbocycles. The summed E-state index contributed by atoms with van der Waals surface area (Å²) in [5.41, 5.74) is 0.0355. The lowest BCUT2D eigenvalue weighted by molar-refractivity contribution is 0.00578. The van der Waals surface area contributed by atoms with Gasteiger partial charge in [0.25, 0.3) is 6.01 Å². The summed E-state index contributed by atoms with van der Waals surface area (Å²) in [7, 11) is -0.442. The second-order valence-corrected chi connectivity index (χ2v) is 6.69. The maximum Gasteiger partial charge on any atom is 0.518 e. The average Bonchev–Trinajstić information content (AvgIpc) is 2.94. The van der Waals surface area contributed by atoms with Crippen LogP contribution >= 0.6 is 0 Å². The highest BCUT2D eigenvalue weighted by Crippen LogP contribution is 2.36. The van der Waals surface area contributed by atoms with Crippen LogP contribution in [0.4, 0.5) is 6.01 Å². The van der Waals surface area contributed by atoms with E-state index in [0.29, 0.717) is 6.01 Å². The van der Waals surface area contributed by atoms with Gasteiger partial charge in [0.2, 0.25) is 0 Å². The number of hydrogen-bond donors (Lipinski definition) is 0. The van der Waals surface area contributed by atoms with Gasteiger partial charge in [-0.3, -0.25) is 0 Å². The van der Waals surface area contributed by atoms with Crippen LogP contribution in [0.25, 0.3) is 0 Å². The zero-order valence-corrected chi connectivity index (χ0v) is 12.8. The molecule has 110 valence electrons. The van der Waals surface area contributed by atoms with E-state index in [-0.39, 0.29) is 11.2 Å². The fraction of sp³-hybridized carbons (Fsp3) is 0.786.